The molecule has 14 heavy (non-hydrogen) atoms. The van der Waals surface area contributed by atoms with Gasteiger partial charge in [0.15, 0.2) is 0 Å². The van der Waals surface area contributed by atoms with Crippen LogP contribution in [0.25, 0.3) is 0 Å². The maximum Gasteiger partial charge on any atom is 0.313 e. The molecule has 0 saturated heterocycles. The third kappa shape index (κ3) is 8.05. The lowest BCUT2D eigenvalue weighted by atomic mass is 10.2. The molecule has 0 aromatic rings. The SMILES string of the molecule is CCCCC(=O)OC(=O)CCCCCl. The first-order valence-electron chi connectivity index (χ1n) is 5.00. The molecule has 0 unspecified atom stereocenters. The third-order valence-electron chi connectivity index (χ3n) is 1.73. The smallest absolute Gasteiger partial charge is 0.313 e. The number of carbonyl (C=O) groups excluding carboxylic acids is 2. The molecule has 0 aromatic carbocycles. The fourth-order valence-electron chi connectivity index (χ4n) is 0.914. The van der Waals surface area contributed by atoms with Crippen molar-refractivity contribution in [3.05, 3.63) is 0 Å². The Bertz CT molecular complexity index is 180. The first-order chi connectivity index (χ1) is 6.70. The Morgan fingerprint density at radius 3 is 2.14 bits per heavy atom. The van der Waals surface area contributed by atoms with Crippen molar-refractivity contribution in [2.75, 3.05) is 5.88 Å². The van der Waals surface area contributed by atoms with Crippen molar-refractivity contribution in [1.29, 1.82) is 0 Å². The van der Waals surface area contributed by atoms with Crippen LogP contribution in [-0.4, -0.2) is 17.8 Å². The number of esters is 2. The third-order valence-corrected chi connectivity index (χ3v) is 1.99. The molecule has 0 aromatic heterocycles. The molecule has 0 radical (unpaired) electrons. The van der Waals surface area contributed by atoms with Crippen molar-refractivity contribution < 1.29 is 14.3 Å². The zero-order valence-electron chi connectivity index (χ0n) is 8.55. The number of halogens is 1. The van der Waals surface area contributed by atoms with Crippen molar-refractivity contribution in [1.82, 2.24) is 0 Å². The molecule has 0 saturated carbocycles. The van der Waals surface area contributed by atoms with E-state index in [1.165, 1.54) is 0 Å². The summed E-state index contributed by atoms with van der Waals surface area (Å²) in [5.41, 5.74) is 0. The van der Waals surface area contributed by atoms with Gasteiger partial charge in [0.2, 0.25) is 0 Å². The van der Waals surface area contributed by atoms with Gasteiger partial charge in [-0.05, 0) is 19.3 Å². The van der Waals surface area contributed by atoms with Gasteiger partial charge in [-0.15, -0.1) is 11.6 Å². The second-order valence-corrected chi connectivity index (χ2v) is 3.47. The average molecular weight is 221 g/mol. The zero-order valence-corrected chi connectivity index (χ0v) is 9.31. The first kappa shape index (κ1) is 13.4. The highest BCUT2D eigenvalue weighted by Gasteiger charge is 2.08. The molecule has 0 atom stereocenters. The topological polar surface area (TPSA) is 43.4 Å². The standard InChI is InChI=1S/C10H17ClO3/c1-2-3-6-9(12)14-10(13)7-4-5-8-11/h2-8H2,1H3. The summed E-state index contributed by atoms with van der Waals surface area (Å²) in [5, 5.41) is 0. The monoisotopic (exact) mass is 220 g/mol. The Kier molecular flexibility index (Phi) is 8.64. The van der Waals surface area contributed by atoms with Crippen LogP contribution in [0.2, 0.25) is 0 Å². The minimum atomic E-state index is -0.434. The van der Waals surface area contributed by atoms with Crippen molar-refractivity contribution in [3.63, 3.8) is 0 Å². The molecule has 0 heterocycles. The van der Waals surface area contributed by atoms with Crippen molar-refractivity contribution >= 4 is 23.5 Å². The molecule has 0 bridgehead atoms. The van der Waals surface area contributed by atoms with Crippen LogP contribution in [-0.2, 0) is 14.3 Å². The minimum Gasteiger partial charge on any atom is -0.393 e. The van der Waals surface area contributed by atoms with Crippen molar-refractivity contribution in [3.8, 4) is 0 Å². The average Bonchev–Trinajstić information content (AvgIpc) is 2.15. The highest BCUT2D eigenvalue weighted by molar-refractivity contribution is 6.17. The summed E-state index contributed by atoms with van der Waals surface area (Å²) in [5.74, 6) is -0.309. The number of hydrogen-bond acceptors (Lipinski definition) is 3. The van der Waals surface area contributed by atoms with E-state index in [4.69, 9.17) is 11.6 Å². The summed E-state index contributed by atoms with van der Waals surface area (Å²) < 4.78 is 4.58. The maximum atomic E-state index is 11.0. The van der Waals surface area contributed by atoms with Gasteiger partial charge >= 0.3 is 11.9 Å². The molecule has 0 aliphatic carbocycles. The summed E-state index contributed by atoms with van der Waals surface area (Å²) in [7, 11) is 0. The van der Waals surface area contributed by atoms with Gasteiger partial charge in [-0.2, -0.15) is 0 Å². The van der Waals surface area contributed by atoms with Gasteiger partial charge < -0.3 is 4.74 Å². The van der Waals surface area contributed by atoms with Crippen molar-refractivity contribution in [2.24, 2.45) is 0 Å². The Hall–Kier alpha value is -0.570. The lowest BCUT2D eigenvalue weighted by Crippen LogP contribution is -2.11. The summed E-state index contributed by atoms with van der Waals surface area (Å²) >= 11 is 5.44. The number of unbranched alkanes of at least 4 members (excludes halogenated alkanes) is 2. The molecule has 0 aliphatic heterocycles. The van der Waals surface area contributed by atoms with Crippen molar-refractivity contribution in [2.45, 2.75) is 45.4 Å². The number of carbonyl (C=O) groups is 2. The normalized spacial score (nSPS) is 9.86. The Morgan fingerprint density at radius 1 is 1.07 bits per heavy atom. The summed E-state index contributed by atoms with van der Waals surface area (Å²) in [6.45, 7) is 1.98. The van der Waals surface area contributed by atoms with Crippen LogP contribution in [0, 0.1) is 0 Å². The van der Waals surface area contributed by atoms with E-state index in [-0.39, 0.29) is 6.42 Å². The Balaban J connectivity index is 3.45. The van der Waals surface area contributed by atoms with Crippen LogP contribution >= 0.6 is 11.6 Å². The molecule has 0 amide bonds. The van der Waals surface area contributed by atoms with Crippen LogP contribution in [0.5, 0.6) is 0 Å². The van der Waals surface area contributed by atoms with Crippen LogP contribution in [0.3, 0.4) is 0 Å². The molecule has 4 heteroatoms. The fraction of sp³-hybridized carbons (Fsp3) is 0.800. The maximum absolute atomic E-state index is 11.0. The number of ether oxygens (including phenoxy) is 1. The second kappa shape index (κ2) is 9.00. The summed E-state index contributed by atoms with van der Waals surface area (Å²) in [6.07, 6.45) is 3.77. The molecular weight excluding hydrogens is 204 g/mol. The van der Waals surface area contributed by atoms with Gasteiger partial charge in [-0.3, -0.25) is 9.59 Å². The van der Waals surface area contributed by atoms with Gasteiger partial charge in [-0.25, -0.2) is 0 Å². The summed E-state index contributed by atoms with van der Waals surface area (Å²) in [4.78, 5) is 22.0. The van der Waals surface area contributed by atoms with Crippen LogP contribution < -0.4 is 0 Å². The van der Waals surface area contributed by atoms with Gasteiger partial charge in [-0.1, -0.05) is 13.3 Å². The summed E-state index contributed by atoms with van der Waals surface area (Å²) in [6, 6.07) is 0. The van der Waals surface area contributed by atoms with E-state index >= 15 is 0 Å². The van der Waals surface area contributed by atoms with Gasteiger partial charge in [0.1, 0.15) is 0 Å². The van der Waals surface area contributed by atoms with Gasteiger partial charge in [0, 0.05) is 18.7 Å². The van der Waals surface area contributed by atoms with E-state index in [2.05, 4.69) is 4.74 Å². The quantitative estimate of drug-likeness (QED) is 0.287. The van der Waals surface area contributed by atoms with Gasteiger partial charge in [0.05, 0.1) is 0 Å². The molecule has 82 valence electrons. The zero-order chi connectivity index (χ0) is 10.8. The largest absolute Gasteiger partial charge is 0.393 e. The lowest BCUT2D eigenvalue weighted by Gasteiger charge is -2.01. The molecule has 0 spiro atoms. The van der Waals surface area contributed by atoms with E-state index in [1.54, 1.807) is 0 Å². The highest BCUT2D eigenvalue weighted by atomic mass is 35.5. The van der Waals surface area contributed by atoms with E-state index in [9.17, 15) is 9.59 Å². The highest BCUT2D eigenvalue weighted by Crippen LogP contribution is 2.02. The first-order valence-corrected chi connectivity index (χ1v) is 5.53. The van der Waals surface area contributed by atoms with Crippen LogP contribution in [0.4, 0.5) is 0 Å². The minimum absolute atomic E-state index is 0.282. The predicted octanol–water partition coefficient (Wildman–Crippen LogP) is 2.66. The van der Waals surface area contributed by atoms with Crippen LogP contribution in [0.1, 0.15) is 45.4 Å². The van der Waals surface area contributed by atoms with E-state index in [1.807, 2.05) is 6.92 Å². The molecular formula is C10H17ClO3. The Morgan fingerprint density at radius 2 is 1.64 bits per heavy atom. The number of alkyl halides is 1. The van der Waals surface area contributed by atoms with Gasteiger partial charge in [0.25, 0.3) is 0 Å². The fourth-order valence-corrected chi connectivity index (χ4v) is 1.10. The molecule has 0 fully saturated rings. The Labute approximate surface area is 89.8 Å². The number of hydrogen-bond donors (Lipinski definition) is 0. The lowest BCUT2D eigenvalue weighted by molar-refractivity contribution is -0.159. The van der Waals surface area contributed by atoms with E-state index in [0.717, 1.165) is 19.3 Å². The second-order valence-electron chi connectivity index (χ2n) is 3.10. The van der Waals surface area contributed by atoms with E-state index < -0.39 is 11.9 Å². The molecule has 0 rings (SSSR count). The predicted molar refractivity (Wildman–Crippen MR) is 55.2 cm³/mol. The molecule has 0 N–H and O–H groups in total. The molecule has 3 nitrogen and oxygen atoms in total. The van der Waals surface area contributed by atoms with E-state index in [0.29, 0.717) is 18.7 Å². The molecule has 0 aliphatic rings. The van der Waals surface area contributed by atoms with Crippen LogP contribution in [0.15, 0.2) is 0 Å². The number of rotatable bonds is 7.